The largest absolute Gasteiger partial charge is 0.481 e. The number of carbonyl (C=O) groups excluding carboxylic acids is 2. The fraction of sp³-hybridized carbons (Fsp3) is 0.706. The molecule has 2 amide bonds. The lowest BCUT2D eigenvalue weighted by molar-refractivity contribution is -0.148. The maximum Gasteiger partial charge on any atom is 0.409 e. The number of carboxylic acid groups (broad SMARTS) is 1. The Hall–Kier alpha value is -2.09. The van der Waals surface area contributed by atoms with Crippen molar-refractivity contribution in [2.45, 2.75) is 37.5 Å². The molecule has 8 heteroatoms. The van der Waals surface area contributed by atoms with Crippen molar-refractivity contribution in [1.29, 1.82) is 0 Å². The summed E-state index contributed by atoms with van der Waals surface area (Å²) in [6.07, 6.45) is 4.15. The van der Waals surface area contributed by atoms with Gasteiger partial charge in [-0.1, -0.05) is 12.2 Å². The Morgan fingerprint density at radius 1 is 1.40 bits per heavy atom. The van der Waals surface area contributed by atoms with Crippen LogP contribution in [0, 0.1) is 11.8 Å². The van der Waals surface area contributed by atoms with Gasteiger partial charge < -0.3 is 24.4 Å². The van der Waals surface area contributed by atoms with E-state index in [0.717, 1.165) is 0 Å². The highest BCUT2D eigenvalue weighted by Gasteiger charge is 2.67. The van der Waals surface area contributed by atoms with E-state index in [0.29, 0.717) is 39.1 Å². The number of ether oxygens (including phenoxy) is 2. The van der Waals surface area contributed by atoms with Crippen molar-refractivity contribution in [2.75, 3.05) is 26.2 Å². The number of amides is 2. The molecule has 0 unspecified atom stereocenters. The van der Waals surface area contributed by atoms with E-state index in [-0.39, 0.29) is 18.0 Å². The molecule has 0 radical (unpaired) electrons. The van der Waals surface area contributed by atoms with Crippen LogP contribution in [0.15, 0.2) is 12.2 Å². The molecule has 1 N–H and O–H groups in total. The van der Waals surface area contributed by atoms with E-state index in [4.69, 9.17) is 9.47 Å². The molecule has 0 aromatic rings. The summed E-state index contributed by atoms with van der Waals surface area (Å²) in [5, 5.41) is 9.50. The summed E-state index contributed by atoms with van der Waals surface area (Å²) in [4.78, 5) is 39.8. The summed E-state index contributed by atoms with van der Waals surface area (Å²) < 4.78 is 10.9. The Labute approximate surface area is 145 Å². The van der Waals surface area contributed by atoms with E-state index in [1.807, 2.05) is 6.08 Å². The lowest BCUT2D eigenvalue weighted by atomic mass is 9.77. The van der Waals surface area contributed by atoms with Gasteiger partial charge in [0.1, 0.15) is 11.5 Å². The molecule has 1 spiro atoms. The first-order valence-electron chi connectivity index (χ1n) is 8.79. The van der Waals surface area contributed by atoms with E-state index in [9.17, 15) is 19.5 Å². The highest BCUT2D eigenvalue weighted by molar-refractivity contribution is 5.91. The Balaban J connectivity index is 1.46. The highest BCUT2D eigenvalue weighted by atomic mass is 16.6. The zero-order valence-electron chi connectivity index (χ0n) is 14.1. The molecule has 0 aliphatic carbocycles. The number of aliphatic carboxylic acids is 1. The van der Waals surface area contributed by atoms with Crippen LogP contribution < -0.4 is 0 Å². The van der Waals surface area contributed by atoms with Crippen molar-refractivity contribution in [3.05, 3.63) is 12.2 Å². The van der Waals surface area contributed by atoms with E-state index >= 15 is 0 Å². The topological polar surface area (TPSA) is 96.4 Å². The third-order valence-corrected chi connectivity index (χ3v) is 5.85. The number of piperidine rings is 1. The van der Waals surface area contributed by atoms with Crippen LogP contribution in [0.5, 0.6) is 0 Å². The fourth-order valence-electron chi connectivity index (χ4n) is 4.69. The van der Waals surface area contributed by atoms with Crippen LogP contribution in [-0.4, -0.2) is 76.9 Å². The van der Waals surface area contributed by atoms with Gasteiger partial charge in [-0.05, 0) is 19.8 Å². The van der Waals surface area contributed by atoms with Gasteiger partial charge in [0.05, 0.1) is 25.2 Å². The summed E-state index contributed by atoms with van der Waals surface area (Å²) in [6, 6.07) is 0.00338. The fourth-order valence-corrected chi connectivity index (χ4v) is 4.69. The van der Waals surface area contributed by atoms with Gasteiger partial charge in [-0.2, -0.15) is 0 Å². The Morgan fingerprint density at radius 3 is 2.76 bits per heavy atom. The van der Waals surface area contributed by atoms with Gasteiger partial charge in [0, 0.05) is 19.1 Å². The number of carboxylic acids is 1. The first-order chi connectivity index (χ1) is 12.0. The Kier molecular flexibility index (Phi) is 3.75. The lowest BCUT2D eigenvalue weighted by Crippen LogP contribution is -2.48. The van der Waals surface area contributed by atoms with Crippen LogP contribution in [0.2, 0.25) is 0 Å². The number of fused-ring (bicyclic) bond motifs is 1. The van der Waals surface area contributed by atoms with Gasteiger partial charge in [0.25, 0.3) is 0 Å². The molecule has 8 nitrogen and oxygen atoms in total. The molecule has 136 valence electrons. The predicted molar refractivity (Wildman–Crippen MR) is 84.7 cm³/mol. The summed E-state index contributed by atoms with van der Waals surface area (Å²) in [5.41, 5.74) is -0.789. The third-order valence-electron chi connectivity index (χ3n) is 5.85. The van der Waals surface area contributed by atoms with Crippen LogP contribution in [-0.2, 0) is 19.1 Å². The molecule has 3 fully saturated rings. The number of likely N-dealkylation sites (tertiary alicyclic amines) is 2. The smallest absolute Gasteiger partial charge is 0.409 e. The molecule has 0 aromatic carbocycles. The minimum absolute atomic E-state index is 0.00338. The molecule has 4 aliphatic rings. The van der Waals surface area contributed by atoms with Crippen molar-refractivity contribution in [2.24, 2.45) is 11.8 Å². The van der Waals surface area contributed by atoms with Crippen LogP contribution in [0.4, 0.5) is 4.79 Å². The van der Waals surface area contributed by atoms with Gasteiger partial charge in [-0.3, -0.25) is 9.59 Å². The first-order valence-corrected chi connectivity index (χ1v) is 8.79. The monoisotopic (exact) mass is 350 g/mol. The molecule has 4 rings (SSSR count). The second-order valence-electron chi connectivity index (χ2n) is 7.12. The molecule has 4 aliphatic heterocycles. The number of rotatable bonds is 3. The van der Waals surface area contributed by atoms with Crippen molar-refractivity contribution in [1.82, 2.24) is 9.80 Å². The number of carbonyl (C=O) groups is 3. The number of hydrogen-bond donors (Lipinski definition) is 1. The molecule has 2 bridgehead atoms. The minimum atomic E-state index is -0.978. The summed E-state index contributed by atoms with van der Waals surface area (Å²) >= 11 is 0. The molecule has 0 aromatic heterocycles. The van der Waals surface area contributed by atoms with E-state index in [1.54, 1.807) is 22.8 Å². The third kappa shape index (κ3) is 2.34. The van der Waals surface area contributed by atoms with E-state index in [2.05, 4.69) is 0 Å². The van der Waals surface area contributed by atoms with Gasteiger partial charge >= 0.3 is 12.1 Å². The zero-order chi connectivity index (χ0) is 17.8. The predicted octanol–water partition coefficient (Wildman–Crippen LogP) is 0.474. The molecule has 25 heavy (non-hydrogen) atoms. The zero-order valence-corrected chi connectivity index (χ0v) is 14.1. The molecule has 3 saturated heterocycles. The molecular formula is C17H22N2O6. The highest BCUT2D eigenvalue weighted by Crippen LogP contribution is 2.52. The van der Waals surface area contributed by atoms with Crippen molar-refractivity contribution in [3.63, 3.8) is 0 Å². The SMILES string of the molecule is CCOC(=O)N1CCC(N2C[C@]34C=C[C@H](O3)[C@@H](C(=O)O)[C@H]4C2=O)CC1. The van der Waals surface area contributed by atoms with Crippen molar-refractivity contribution in [3.8, 4) is 0 Å². The number of nitrogens with zero attached hydrogens (tertiary/aromatic N) is 2. The lowest BCUT2D eigenvalue weighted by Gasteiger charge is -2.37. The molecule has 4 atom stereocenters. The minimum Gasteiger partial charge on any atom is -0.481 e. The van der Waals surface area contributed by atoms with Crippen molar-refractivity contribution >= 4 is 18.0 Å². The average Bonchev–Trinajstić information content (AvgIpc) is 3.23. The molecule has 4 heterocycles. The standard InChI is InChI=1S/C17H22N2O6/c1-2-24-16(23)18-7-4-10(5-8-18)19-9-17-6-3-11(25-17)12(15(21)22)13(17)14(19)20/h3,6,10-13H,2,4-5,7-9H2,1H3,(H,21,22)/t11-,12+,13-,17-/m0/s1. The normalized spacial score (nSPS) is 36.8. The summed E-state index contributed by atoms with van der Waals surface area (Å²) in [7, 11) is 0. The maximum atomic E-state index is 12.9. The van der Waals surface area contributed by atoms with E-state index < -0.39 is 29.5 Å². The second kappa shape index (κ2) is 5.72. The van der Waals surface area contributed by atoms with Crippen LogP contribution in [0.1, 0.15) is 19.8 Å². The summed E-state index contributed by atoms with van der Waals surface area (Å²) in [6.45, 7) is 3.58. The van der Waals surface area contributed by atoms with E-state index in [1.165, 1.54) is 0 Å². The van der Waals surface area contributed by atoms with Crippen molar-refractivity contribution < 1.29 is 29.0 Å². The van der Waals surface area contributed by atoms with Crippen LogP contribution in [0.25, 0.3) is 0 Å². The van der Waals surface area contributed by atoms with Gasteiger partial charge in [0.2, 0.25) is 5.91 Å². The Bertz CT molecular complexity index is 641. The summed E-state index contributed by atoms with van der Waals surface area (Å²) in [5.74, 6) is -2.55. The quantitative estimate of drug-likeness (QED) is 0.744. The van der Waals surface area contributed by atoms with Gasteiger partial charge in [-0.15, -0.1) is 0 Å². The number of hydrogen-bond acceptors (Lipinski definition) is 5. The Morgan fingerprint density at radius 2 is 2.12 bits per heavy atom. The van der Waals surface area contributed by atoms with Gasteiger partial charge in [-0.25, -0.2) is 4.79 Å². The molecular weight excluding hydrogens is 328 g/mol. The van der Waals surface area contributed by atoms with Crippen LogP contribution in [0.3, 0.4) is 0 Å². The first kappa shape index (κ1) is 16.4. The second-order valence-corrected chi connectivity index (χ2v) is 7.12. The molecule has 0 saturated carbocycles. The maximum absolute atomic E-state index is 12.9. The average molecular weight is 350 g/mol. The van der Waals surface area contributed by atoms with Gasteiger partial charge in [0.15, 0.2) is 0 Å². The van der Waals surface area contributed by atoms with Crippen LogP contribution >= 0.6 is 0 Å².